The van der Waals surface area contributed by atoms with Gasteiger partial charge in [-0.2, -0.15) is 0 Å². The van der Waals surface area contributed by atoms with Crippen molar-refractivity contribution in [2.75, 3.05) is 13.1 Å². The van der Waals surface area contributed by atoms with Crippen LogP contribution < -0.4 is 10.0 Å². The van der Waals surface area contributed by atoms with Gasteiger partial charge in [-0.05, 0) is 41.6 Å². The molecule has 0 unspecified atom stereocenters. The van der Waals surface area contributed by atoms with Crippen LogP contribution in [0.15, 0.2) is 40.2 Å². The van der Waals surface area contributed by atoms with E-state index in [4.69, 9.17) is 0 Å². The fraction of sp³-hybridized carbons (Fsp3) is 0.357. The normalized spacial score (nSPS) is 11.7. The lowest BCUT2D eigenvalue weighted by atomic mass is 10.2. The summed E-state index contributed by atoms with van der Waals surface area (Å²) in [6, 6.07) is 5.50. The second-order valence-electron chi connectivity index (χ2n) is 4.56. The second-order valence-corrected chi connectivity index (χ2v) is 7.47. The van der Waals surface area contributed by atoms with Crippen molar-refractivity contribution >= 4 is 21.4 Å². The van der Waals surface area contributed by atoms with Gasteiger partial charge in [0, 0.05) is 25.5 Å². The predicted octanol–water partition coefficient (Wildman–Crippen LogP) is 1.77. The van der Waals surface area contributed by atoms with Crippen LogP contribution in [0.4, 0.5) is 0 Å². The van der Waals surface area contributed by atoms with Crippen molar-refractivity contribution < 1.29 is 8.42 Å². The average Bonchev–Trinajstić information content (AvgIpc) is 2.96. The highest BCUT2D eigenvalue weighted by Gasteiger charge is 2.16. The first-order valence-corrected chi connectivity index (χ1v) is 9.15. The first-order valence-electron chi connectivity index (χ1n) is 6.78. The van der Waals surface area contributed by atoms with Crippen LogP contribution in [-0.4, -0.2) is 26.5 Å². The Balaban J connectivity index is 1.90. The monoisotopic (exact) mass is 325 g/mol. The zero-order chi connectivity index (χ0) is 15.1. The van der Waals surface area contributed by atoms with E-state index >= 15 is 0 Å². The van der Waals surface area contributed by atoms with E-state index in [-0.39, 0.29) is 0 Å². The number of nitrogens with one attached hydrogen (secondary N) is 2. The molecule has 7 heteroatoms. The summed E-state index contributed by atoms with van der Waals surface area (Å²) < 4.78 is 27.3. The lowest BCUT2D eigenvalue weighted by Gasteiger charge is -2.04. The Hall–Kier alpha value is -1.28. The largest absolute Gasteiger partial charge is 0.313 e. The standard InChI is InChI=1S/C14H19N3O2S2/c1-2-15-10-13-8-14(20-11-13)21(18,19)17-7-5-12-4-3-6-16-9-12/h3-4,6,8-9,11,15,17H,2,5,7,10H2,1H3. The number of rotatable bonds is 8. The molecule has 0 aromatic carbocycles. The molecule has 0 amide bonds. The van der Waals surface area contributed by atoms with E-state index in [1.165, 1.54) is 11.3 Å². The Bertz CT molecular complexity index is 654. The first-order chi connectivity index (χ1) is 10.1. The third-order valence-corrected chi connectivity index (χ3v) is 5.85. The minimum atomic E-state index is -3.41. The van der Waals surface area contributed by atoms with Crippen molar-refractivity contribution in [1.82, 2.24) is 15.0 Å². The summed E-state index contributed by atoms with van der Waals surface area (Å²) in [4.78, 5) is 4.01. The summed E-state index contributed by atoms with van der Waals surface area (Å²) in [6.45, 7) is 3.94. The van der Waals surface area contributed by atoms with Gasteiger partial charge in [-0.25, -0.2) is 13.1 Å². The molecule has 0 radical (unpaired) electrons. The van der Waals surface area contributed by atoms with E-state index < -0.39 is 10.0 Å². The highest BCUT2D eigenvalue weighted by molar-refractivity contribution is 7.91. The van der Waals surface area contributed by atoms with Crippen LogP contribution in [0.2, 0.25) is 0 Å². The van der Waals surface area contributed by atoms with Crippen LogP contribution in [0, 0.1) is 0 Å². The van der Waals surface area contributed by atoms with Crippen molar-refractivity contribution in [3.05, 3.63) is 47.1 Å². The van der Waals surface area contributed by atoms with Gasteiger partial charge >= 0.3 is 0 Å². The molecule has 5 nitrogen and oxygen atoms in total. The molecule has 21 heavy (non-hydrogen) atoms. The minimum Gasteiger partial charge on any atom is -0.313 e. The Morgan fingerprint density at radius 3 is 2.90 bits per heavy atom. The van der Waals surface area contributed by atoms with E-state index in [0.717, 1.165) is 17.7 Å². The Kier molecular flexibility index (Phi) is 5.86. The van der Waals surface area contributed by atoms with Crippen LogP contribution >= 0.6 is 11.3 Å². The van der Waals surface area contributed by atoms with Gasteiger partial charge in [0.1, 0.15) is 4.21 Å². The van der Waals surface area contributed by atoms with Crippen molar-refractivity contribution in [2.45, 2.75) is 24.1 Å². The van der Waals surface area contributed by atoms with Gasteiger partial charge in [-0.15, -0.1) is 11.3 Å². The Morgan fingerprint density at radius 2 is 2.19 bits per heavy atom. The Labute approximate surface area is 129 Å². The van der Waals surface area contributed by atoms with Crippen LogP contribution in [-0.2, 0) is 23.0 Å². The van der Waals surface area contributed by atoms with E-state index in [0.29, 0.717) is 23.7 Å². The Morgan fingerprint density at radius 1 is 1.33 bits per heavy atom. The van der Waals surface area contributed by atoms with E-state index in [1.807, 2.05) is 24.4 Å². The average molecular weight is 325 g/mol. The van der Waals surface area contributed by atoms with Crippen molar-refractivity contribution in [3.63, 3.8) is 0 Å². The molecule has 0 atom stereocenters. The molecule has 0 spiro atoms. The van der Waals surface area contributed by atoms with Gasteiger partial charge in [-0.3, -0.25) is 4.98 Å². The lowest BCUT2D eigenvalue weighted by molar-refractivity contribution is 0.583. The van der Waals surface area contributed by atoms with Crippen LogP contribution in [0.5, 0.6) is 0 Å². The molecule has 2 N–H and O–H groups in total. The predicted molar refractivity (Wildman–Crippen MR) is 84.8 cm³/mol. The van der Waals surface area contributed by atoms with Gasteiger partial charge in [0.25, 0.3) is 0 Å². The molecule has 2 aromatic heterocycles. The van der Waals surface area contributed by atoms with Crippen LogP contribution in [0.3, 0.4) is 0 Å². The third-order valence-electron chi connectivity index (χ3n) is 2.90. The highest BCUT2D eigenvalue weighted by atomic mass is 32.2. The number of nitrogens with zero attached hydrogens (tertiary/aromatic N) is 1. The molecular weight excluding hydrogens is 306 g/mol. The fourth-order valence-electron chi connectivity index (χ4n) is 1.80. The SMILES string of the molecule is CCNCc1csc(S(=O)(=O)NCCc2cccnc2)c1. The molecule has 114 valence electrons. The van der Waals surface area contributed by atoms with Gasteiger partial charge in [0.15, 0.2) is 0 Å². The third kappa shape index (κ3) is 4.89. The van der Waals surface area contributed by atoms with Gasteiger partial charge in [0.2, 0.25) is 10.0 Å². The summed E-state index contributed by atoms with van der Waals surface area (Å²) in [7, 11) is -3.41. The smallest absolute Gasteiger partial charge is 0.250 e. The van der Waals surface area contributed by atoms with Gasteiger partial charge < -0.3 is 5.32 Å². The lowest BCUT2D eigenvalue weighted by Crippen LogP contribution is -2.25. The number of sulfonamides is 1. The zero-order valence-corrected chi connectivity index (χ0v) is 13.5. The maximum Gasteiger partial charge on any atom is 0.250 e. The molecule has 2 rings (SSSR count). The number of aromatic nitrogens is 1. The topological polar surface area (TPSA) is 71.1 Å². The molecule has 0 aliphatic rings. The summed E-state index contributed by atoms with van der Waals surface area (Å²) in [6.07, 6.45) is 4.07. The molecule has 0 aliphatic heterocycles. The summed E-state index contributed by atoms with van der Waals surface area (Å²) in [5, 5.41) is 5.05. The molecule has 2 heterocycles. The highest BCUT2D eigenvalue weighted by Crippen LogP contribution is 2.20. The maximum atomic E-state index is 12.2. The number of hydrogen-bond acceptors (Lipinski definition) is 5. The molecule has 0 aliphatic carbocycles. The van der Waals surface area contributed by atoms with E-state index in [2.05, 4.69) is 15.0 Å². The van der Waals surface area contributed by atoms with Crippen molar-refractivity contribution in [2.24, 2.45) is 0 Å². The molecule has 0 saturated heterocycles. The summed E-state index contributed by atoms with van der Waals surface area (Å²) in [5.74, 6) is 0. The minimum absolute atomic E-state index is 0.363. The molecular formula is C14H19N3O2S2. The number of hydrogen-bond donors (Lipinski definition) is 2. The first kappa shape index (κ1) is 16.1. The number of pyridine rings is 1. The second kappa shape index (κ2) is 7.65. The maximum absolute atomic E-state index is 12.2. The molecule has 0 bridgehead atoms. The van der Waals surface area contributed by atoms with Crippen LogP contribution in [0.1, 0.15) is 18.1 Å². The molecule has 0 saturated carbocycles. The van der Waals surface area contributed by atoms with Crippen molar-refractivity contribution in [1.29, 1.82) is 0 Å². The van der Waals surface area contributed by atoms with Gasteiger partial charge in [-0.1, -0.05) is 13.0 Å². The quantitative estimate of drug-likeness (QED) is 0.776. The summed E-state index contributed by atoms with van der Waals surface area (Å²) in [5.41, 5.74) is 2.01. The van der Waals surface area contributed by atoms with Crippen molar-refractivity contribution in [3.8, 4) is 0 Å². The zero-order valence-electron chi connectivity index (χ0n) is 11.9. The van der Waals surface area contributed by atoms with E-state index in [9.17, 15) is 8.42 Å². The summed E-state index contributed by atoms with van der Waals surface area (Å²) >= 11 is 1.25. The van der Waals surface area contributed by atoms with Crippen LogP contribution in [0.25, 0.3) is 0 Å². The molecule has 2 aromatic rings. The van der Waals surface area contributed by atoms with E-state index in [1.54, 1.807) is 18.5 Å². The fourth-order valence-corrected chi connectivity index (χ4v) is 4.09. The van der Waals surface area contributed by atoms with Gasteiger partial charge in [0.05, 0.1) is 0 Å². The number of thiophene rings is 1. The molecule has 0 fully saturated rings.